The van der Waals surface area contributed by atoms with E-state index in [-0.39, 0.29) is 8.77 Å². The number of pyridine rings is 1. The summed E-state index contributed by atoms with van der Waals surface area (Å²) in [5.41, 5.74) is 5.26. The van der Waals surface area contributed by atoms with Crippen molar-refractivity contribution in [2.45, 2.75) is 70.5 Å². The lowest BCUT2D eigenvalue weighted by molar-refractivity contribution is 0.335. The van der Waals surface area contributed by atoms with Crippen LogP contribution in [0.4, 0.5) is 16.0 Å². The SMILES string of the molecule is CNC1CCCCC1.CNc1ncc2c(-c3ccc4c(n3)C(CC(C)F)C(C)=N4)ccn2n1.[HH].[HH]. The molecule has 2 aliphatic rings. The molecule has 2 unspecified atom stereocenters. The van der Waals surface area contributed by atoms with E-state index < -0.39 is 6.17 Å². The highest BCUT2D eigenvalue weighted by atomic mass is 19.1. The number of rotatable bonds is 5. The van der Waals surface area contributed by atoms with Gasteiger partial charge in [0.1, 0.15) is 0 Å². The molecule has 1 fully saturated rings. The zero-order valence-corrected chi connectivity index (χ0v) is 20.0. The van der Waals surface area contributed by atoms with Gasteiger partial charge in [0.25, 0.3) is 0 Å². The Morgan fingerprint density at radius 2 is 1.97 bits per heavy atom. The number of aliphatic imine (C=N–C) groups is 1. The van der Waals surface area contributed by atoms with Crippen LogP contribution in [0.15, 0.2) is 35.6 Å². The van der Waals surface area contributed by atoms with E-state index in [9.17, 15) is 4.39 Å². The smallest absolute Gasteiger partial charge is 0.240 e. The lowest BCUT2D eigenvalue weighted by atomic mass is 9.95. The first-order chi connectivity index (χ1) is 16.0. The zero-order chi connectivity index (χ0) is 23.4. The Labute approximate surface area is 197 Å². The maximum Gasteiger partial charge on any atom is 0.240 e. The van der Waals surface area contributed by atoms with Crippen molar-refractivity contribution in [3.8, 4) is 11.3 Å². The van der Waals surface area contributed by atoms with Crippen molar-refractivity contribution >= 4 is 22.9 Å². The van der Waals surface area contributed by atoms with Crippen LogP contribution in [0.1, 0.15) is 66.8 Å². The van der Waals surface area contributed by atoms with Gasteiger partial charge >= 0.3 is 0 Å². The Kier molecular flexibility index (Phi) is 7.33. The van der Waals surface area contributed by atoms with E-state index in [0.29, 0.717) is 12.4 Å². The highest BCUT2D eigenvalue weighted by Crippen LogP contribution is 2.39. The summed E-state index contributed by atoms with van der Waals surface area (Å²) in [6.45, 7) is 3.52. The summed E-state index contributed by atoms with van der Waals surface area (Å²) in [7, 11) is 3.85. The standard InChI is InChI=1S/C18H19FN6.C7H15N.2H2/c1-10(19)8-13-11(2)22-15-5-4-14(23-17(13)15)12-6-7-25-16(12)9-21-18(20-3)24-25;1-8-7-5-3-2-4-6-7;;/h4-7,9-10,13H,8H2,1-3H3,(H,20,24);7-8H,2-6H2,1H3;2*1H. The number of aromatic nitrogens is 4. The van der Waals surface area contributed by atoms with E-state index in [1.165, 1.54) is 32.1 Å². The van der Waals surface area contributed by atoms with Gasteiger partial charge in [-0.3, -0.25) is 4.99 Å². The van der Waals surface area contributed by atoms with Crippen molar-refractivity contribution in [2.75, 3.05) is 19.4 Å². The van der Waals surface area contributed by atoms with E-state index in [1.54, 1.807) is 24.7 Å². The molecule has 2 atom stereocenters. The van der Waals surface area contributed by atoms with Gasteiger partial charge in [-0.25, -0.2) is 18.9 Å². The number of alkyl halides is 1. The number of anilines is 1. The average molecular weight is 456 g/mol. The fourth-order valence-electron chi connectivity index (χ4n) is 4.66. The van der Waals surface area contributed by atoms with Crippen molar-refractivity contribution in [3.63, 3.8) is 0 Å². The summed E-state index contributed by atoms with van der Waals surface area (Å²) in [6.07, 6.45) is 10.3. The predicted octanol–water partition coefficient (Wildman–Crippen LogP) is 5.80. The molecule has 7 nitrogen and oxygen atoms in total. The van der Waals surface area contributed by atoms with Crippen LogP contribution in [-0.4, -0.2) is 51.6 Å². The molecule has 0 amide bonds. The maximum atomic E-state index is 13.6. The Bertz CT molecular complexity index is 1130. The second kappa shape index (κ2) is 10.4. The van der Waals surface area contributed by atoms with E-state index in [1.807, 2.05) is 31.3 Å². The van der Waals surface area contributed by atoms with Gasteiger partial charge in [0.15, 0.2) is 0 Å². The molecule has 180 valence electrons. The first kappa shape index (κ1) is 23.3. The van der Waals surface area contributed by atoms with Gasteiger partial charge in [-0.1, -0.05) is 19.3 Å². The molecule has 4 heterocycles. The number of fused-ring (bicyclic) bond motifs is 2. The largest absolute Gasteiger partial charge is 0.356 e. The molecule has 33 heavy (non-hydrogen) atoms. The van der Waals surface area contributed by atoms with Crippen molar-refractivity contribution in [1.82, 2.24) is 24.9 Å². The number of hydrogen-bond donors (Lipinski definition) is 2. The fraction of sp³-hybridized carbons (Fsp3) is 0.520. The van der Waals surface area contributed by atoms with Gasteiger partial charge in [-0.15, -0.1) is 5.10 Å². The van der Waals surface area contributed by atoms with Crippen molar-refractivity contribution in [2.24, 2.45) is 4.99 Å². The molecule has 1 aliphatic carbocycles. The quantitative estimate of drug-likeness (QED) is 0.508. The van der Waals surface area contributed by atoms with Gasteiger partial charge < -0.3 is 10.6 Å². The van der Waals surface area contributed by atoms with Crippen molar-refractivity contribution in [3.05, 3.63) is 36.3 Å². The second-order valence-corrected chi connectivity index (χ2v) is 8.94. The molecule has 2 N–H and O–H groups in total. The number of hydrogen-bond acceptors (Lipinski definition) is 6. The van der Waals surface area contributed by atoms with E-state index in [2.05, 4.69) is 32.8 Å². The zero-order valence-electron chi connectivity index (χ0n) is 20.0. The van der Waals surface area contributed by atoms with Crippen molar-refractivity contribution in [1.29, 1.82) is 0 Å². The summed E-state index contributed by atoms with van der Waals surface area (Å²) in [4.78, 5) is 13.6. The predicted molar refractivity (Wildman–Crippen MR) is 137 cm³/mol. The lowest BCUT2D eigenvalue weighted by Crippen LogP contribution is -2.26. The van der Waals surface area contributed by atoms with Crippen LogP contribution in [0.2, 0.25) is 0 Å². The molecule has 3 aromatic heterocycles. The van der Waals surface area contributed by atoms with E-state index in [0.717, 1.165) is 39.9 Å². The number of nitrogens with zero attached hydrogens (tertiary/aromatic N) is 5. The third-order valence-corrected chi connectivity index (χ3v) is 6.52. The Morgan fingerprint density at radius 3 is 2.64 bits per heavy atom. The van der Waals surface area contributed by atoms with Gasteiger partial charge in [0.2, 0.25) is 5.95 Å². The third kappa shape index (κ3) is 5.21. The number of halogens is 1. The first-order valence-electron chi connectivity index (χ1n) is 11.9. The van der Waals surface area contributed by atoms with E-state index in [4.69, 9.17) is 4.98 Å². The molecule has 0 radical (unpaired) electrons. The highest BCUT2D eigenvalue weighted by Gasteiger charge is 2.28. The minimum atomic E-state index is -0.893. The fourth-order valence-corrected chi connectivity index (χ4v) is 4.66. The molecule has 5 rings (SSSR count). The van der Waals surface area contributed by atoms with Crippen LogP contribution in [0, 0.1) is 0 Å². The van der Waals surface area contributed by atoms with Gasteiger partial charge in [-0.05, 0) is 58.4 Å². The molecule has 1 aliphatic heterocycles. The minimum Gasteiger partial charge on any atom is -0.356 e. The summed E-state index contributed by atoms with van der Waals surface area (Å²) < 4.78 is 15.3. The summed E-state index contributed by atoms with van der Waals surface area (Å²) >= 11 is 0. The molecule has 8 heteroatoms. The molecule has 0 aromatic carbocycles. The molecule has 0 bridgehead atoms. The van der Waals surface area contributed by atoms with Gasteiger partial charge in [0.05, 0.1) is 35.0 Å². The van der Waals surface area contributed by atoms with Crippen LogP contribution < -0.4 is 10.6 Å². The third-order valence-electron chi connectivity index (χ3n) is 6.52. The van der Waals surface area contributed by atoms with Crippen LogP contribution in [-0.2, 0) is 0 Å². The van der Waals surface area contributed by atoms with E-state index >= 15 is 0 Å². The van der Waals surface area contributed by atoms with Gasteiger partial charge in [-0.2, -0.15) is 0 Å². The topological polar surface area (TPSA) is 79.5 Å². The highest BCUT2D eigenvalue weighted by molar-refractivity contribution is 5.96. The minimum absolute atomic E-state index is 0. The first-order valence-corrected chi connectivity index (χ1v) is 11.9. The lowest BCUT2D eigenvalue weighted by Gasteiger charge is -2.20. The van der Waals surface area contributed by atoms with Crippen LogP contribution in [0.5, 0.6) is 0 Å². The summed E-state index contributed by atoms with van der Waals surface area (Å²) in [5, 5.41) is 10.6. The Balaban J connectivity index is 0.000000372. The van der Waals surface area contributed by atoms with Gasteiger partial charge in [0, 0.05) is 39.3 Å². The van der Waals surface area contributed by atoms with Crippen LogP contribution in [0.25, 0.3) is 16.8 Å². The maximum absolute atomic E-state index is 13.6. The molecular formula is C25H38FN7. The molecule has 3 aromatic rings. The summed E-state index contributed by atoms with van der Waals surface area (Å²) in [6, 6.07) is 6.70. The Hall–Kier alpha value is -2.87. The Morgan fingerprint density at radius 1 is 1.18 bits per heavy atom. The van der Waals surface area contributed by atoms with Crippen molar-refractivity contribution < 1.29 is 7.24 Å². The number of nitrogens with one attached hydrogen (secondary N) is 2. The normalized spacial score (nSPS) is 18.9. The average Bonchev–Trinajstić information content (AvgIpc) is 3.39. The molecular weight excluding hydrogens is 417 g/mol. The molecule has 0 spiro atoms. The monoisotopic (exact) mass is 455 g/mol. The van der Waals surface area contributed by atoms with Crippen LogP contribution >= 0.6 is 0 Å². The van der Waals surface area contributed by atoms with Crippen LogP contribution in [0.3, 0.4) is 0 Å². The summed E-state index contributed by atoms with van der Waals surface area (Å²) in [5.74, 6) is 0.494. The molecule has 1 saturated carbocycles. The second-order valence-electron chi connectivity index (χ2n) is 8.94. The molecule has 0 saturated heterocycles.